The number of amides is 1. The first-order valence-corrected chi connectivity index (χ1v) is 1.55. The summed E-state index contributed by atoms with van der Waals surface area (Å²) in [5.41, 5.74) is 4.61. The second kappa shape index (κ2) is 2.93. The van der Waals surface area contributed by atoms with Crippen molar-refractivity contribution in [1.29, 1.82) is 0 Å². The van der Waals surface area contributed by atoms with Crippen LogP contribution >= 0.6 is 0 Å². The Bertz CT molecular complexity index is 122. The molecule has 4 N–H and O–H groups in total. The molecular weight excluding hydrogens is 94.1 g/mol. The van der Waals surface area contributed by atoms with E-state index in [1.807, 2.05) is 0 Å². The normalized spacial score (nSPS) is 6.29. The lowest BCUT2D eigenvalue weighted by Gasteiger charge is -1.67. The molecule has 0 aliphatic rings. The van der Waals surface area contributed by atoms with E-state index in [0.717, 1.165) is 6.08 Å². The van der Waals surface area contributed by atoms with Crippen LogP contribution < -0.4 is 11.6 Å². The summed E-state index contributed by atoms with van der Waals surface area (Å²) in [6, 6.07) is 0. The maximum absolute atomic E-state index is 9.75. The predicted octanol–water partition coefficient (Wildman–Crippen LogP) is -1.43. The van der Waals surface area contributed by atoms with Crippen molar-refractivity contribution in [2.75, 3.05) is 0 Å². The summed E-state index contributed by atoms with van der Waals surface area (Å²) >= 11 is 0. The third kappa shape index (κ3) is 4.72. The van der Waals surface area contributed by atoms with E-state index in [9.17, 15) is 4.79 Å². The molecule has 38 valence electrons. The van der Waals surface area contributed by atoms with Gasteiger partial charge in [-0.25, -0.2) is 0 Å². The first-order valence-electron chi connectivity index (χ1n) is 1.55. The van der Waals surface area contributed by atoms with E-state index in [1.54, 1.807) is 0 Å². The Balaban J connectivity index is 3.70. The van der Waals surface area contributed by atoms with Gasteiger partial charge in [-0.1, -0.05) is 0 Å². The topological polar surface area (TPSA) is 81.5 Å². The van der Waals surface area contributed by atoms with Gasteiger partial charge in [0.15, 0.2) is 0 Å². The zero-order valence-electron chi connectivity index (χ0n) is 3.59. The highest BCUT2D eigenvalue weighted by molar-refractivity contribution is 5.93. The van der Waals surface area contributed by atoms with Crippen LogP contribution in [0.4, 0.5) is 0 Å². The van der Waals surface area contributed by atoms with E-state index < -0.39 is 5.91 Å². The Labute approximate surface area is 40.5 Å². The molecule has 0 aliphatic carbocycles. The molecule has 0 spiro atoms. The molecule has 0 heterocycles. The summed E-state index contributed by atoms with van der Waals surface area (Å²) in [6.07, 6.45) is 0.944. The van der Waals surface area contributed by atoms with Crippen molar-refractivity contribution in [2.45, 2.75) is 0 Å². The van der Waals surface area contributed by atoms with Crippen molar-refractivity contribution in [2.24, 2.45) is 16.7 Å². The number of rotatable bonds is 1. The fraction of sp³-hybridized carbons (Fsp3) is 0. The summed E-state index contributed by atoms with van der Waals surface area (Å²) in [5.74, 6) is 6.00. The molecule has 0 radical (unpaired) electrons. The highest BCUT2D eigenvalue weighted by atomic mass is 16.1. The minimum Gasteiger partial charge on any atom is -0.366 e. The molecule has 0 saturated heterocycles. The summed E-state index contributed by atoms with van der Waals surface area (Å²) in [6.45, 7) is 0. The second-order valence-corrected chi connectivity index (χ2v) is 0.805. The van der Waals surface area contributed by atoms with Gasteiger partial charge in [0.1, 0.15) is 0 Å². The number of hydrazone groups is 1. The molecule has 0 unspecified atom stereocenters. The van der Waals surface area contributed by atoms with Gasteiger partial charge in [-0.15, -0.1) is 5.10 Å². The number of carbonyl (C=O) groups excluding carboxylic acids is 1. The molecule has 0 aromatic heterocycles. The number of nitrogens with two attached hydrogens (primary N) is 2. The molecule has 0 saturated carbocycles. The van der Waals surface area contributed by atoms with Crippen molar-refractivity contribution in [1.82, 2.24) is 0 Å². The Morgan fingerprint density at radius 3 is 2.57 bits per heavy atom. The van der Waals surface area contributed by atoms with Gasteiger partial charge < -0.3 is 11.6 Å². The lowest BCUT2D eigenvalue weighted by Crippen LogP contribution is -2.05. The summed E-state index contributed by atoms with van der Waals surface area (Å²) < 4.78 is 0. The van der Waals surface area contributed by atoms with Gasteiger partial charge >= 0.3 is 0 Å². The van der Waals surface area contributed by atoms with Crippen LogP contribution in [-0.4, -0.2) is 11.8 Å². The maximum atomic E-state index is 9.75. The van der Waals surface area contributed by atoms with Crippen molar-refractivity contribution in [3.05, 3.63) is 6.08 Å². The Morgan fingerprint density at radius 2 is 2.43 bits per heavy atom. The molecule has 0 atom stereocenters. The van der Waals surface area contributed by atoms with Crippen LogP contribution in [0.5, 0.6) is 0 Å². The summed E-state index contributed by atoms with van der Waals surface area (Å²) in [5, 5.41) is 2.87. The van der Waals surface area contributed by atoms with Crippen molar-refractivity contribution >= 4 is 11.8 Å². The molecule has 7 heavy (non-hydrogen) atoms. The zero-order valence-corrected chi connectivity index (χ0v) is 3.59. The Morgan fingerprint density at radius 1 is 1.86 bits per heavy atom. The van der Waals surface area contributed by atoms with Crippen LogP contribution in [0.1, 0.15) is 0 Å². The molecule has 0 aliphatic heterocycles. The van der Waals surface area contributed by atoms with Crippen molar-refractivity contribution in [3.8, 4) is 0 Å². The number of hydrogen-bond donors (Lipinski definition) is 2. The third-order valence-corrected chi connectivity index (χ3v) is 0.281. The number of primary amides is 1. The van der Waals surface area contributed by atoms with Crippen LogP contribution in [0, 0.1) is 0 Å². The zero-order chi connectivity index (χ0) is 5.70. The minimum absolute atomic E-state index is 0.603. The fourth-order valence-corrected chi connectivity index (χ4v) is 0.101. The second-order valence-electron chi connectivity index (χ2n) is 0.805. The summed E-state index contributed by atoms with van der Waals surface area (Å²) in [7, 11) is 0. The quantitative estimate of drug-likeness (QED) is 0.183. The van der Waals surface area contributed by atoms with E-state index in [4.69, 9.17) is 0 Å². The standard InChI is InChI=1S/C3H5N3O/c4-3(7)1-2-6-5/h1H,5H2,(H2,4,7). The molecule has 0 bridgehead atoms. The van der Waals surface area contributed by atoms with Crippen LogP contribution in [0.3, 0.4) is 0 Å². The first kappa shape index (κ1) is 5.72. The Hall–Kier alpha value is -1.28. The third-order valence-electron chi connectivity index (χ3n) is 0.281. The molecule has 0 fully saturated rings. The number of nitrogens with zero attached hydrogens (tertiary/aromatic N) is 1. The molecule has 4 nitrogen and oxygen atoms in total. The van der Waals surface area contributed by atoms with Gasteiger partial charge in [0, 0.05) is 5.87 Å². The highest BCUT2D eigenvalue weighted by Crippen LogP contribution is 1.50. The molecule has 4 heteroatoms. The van der Waals surface area contributed by atoms with Crippen molar-refractivity contribution < 1.29 is 4.79 Å². The first-order chi connectivity index (χ1) is 3.27. The van der Waals surface area contributed by atoms with Crippen molar-refractivity contribution in [3.63, 3.8) is 0 Å². The van der Waals surface area contributed by atoms with Gasteiger partial charge in [0.2, 0.25) is 0 Å². The van der Waals surface area contributed by atoms with Crippen LogP contribution in [0.15, 0.2) is 11.2 Å². The minimum atomic E-state index is -0.603. The van der Waals surface area contributed by atoms with E-state index >= 15 is 0 Å². The van der Waals surface area contributed by atoms with E-state index in [1.165, 1.54) is 0 Å². The molecule has 0 aromatic rings. The average Bonchev–Trinajstić information content (AvgIpc) is 1.61. The lowest BCUT2D eigenvalue weighted by molar-refractivity contribution is -0.113. The Kier molecular flexibility index (Phi) is 2.40. The summed E-state index contributed by atoms with van der Waals surface area (Å²) in [4.78, 5) is 9.75. The fourth-order valence-electron chi connectivity index (χ4n) is 0.101. The van der Waals surface area contributed by atoms with Gasteiger partial charge in [0.05, 0.1) is 6.08 Å². The largest absolute Gasteiger partial charge is 0.366 e. The predicted molar refractivity (Wildman–Crippen MR) is 25.4 cm³/mol. The number of hydrogen-bond acceptors (Lipinski definition) is 3. The van der Waals surface area contributed by atoms with Gasteiger partial charge in [0.25, 0.3) is 5.91 Å². The van der Waals surface area contributed by atoms with Crippen LogP contribution in [-0.2, 0) is 4.79 Å². The molecule has 0 rings (SSSR count). The lowest BCUT2D eigenvalue weighted by atomic mass is 10.6. The van der Waals surface area contributed by atoms with Gasteiger partial charge in [-0.2, -0.15) is 0 Å². The smallest absolute Gasteiger partial charge is 0.250 e. The molecule has 1 amide bonds. The van der Waals surface area contributed by atoms with E-state index in [0.29, 0.717) is 0 Å². The number of carbonyl (C=O) groups is 1. The van der Waals surface area contributed by atoms with E-state index in [-0.39, 0.29) is 0 Å². The van der Waals surface area contributed by atoms with Crippen LogP contribution in [0.25, 0.3) is 0 Å². The van der Waals surface area contributed by atoms with E-state index in [2.05, 4.69) is 22.5 Å². The van der Waals surface area contributed by atoms with Gasteiger partial charge in [-0.05, 0) is 0 Å². The monoisotopic (exact) mass is 99.0 g/mol. The van der Waals surface area contributed by atoms with Crippen LogP contribution in [0.2, 0.25) is 0 Å². The molecular formula is C3H5N3O. The maximum Gasteiger partial charge on any atom is 0.250 e. The SMILES string of the molecule is NN=C=CC(N)=O. The molecule has 0 aromatic carbocycles. The highest BCUT2D eigenvalue weighted by Gasteiger charge is 1.74. The average molecular weight is 99.1 g/mol. The van der Waals surface area contributed by atoms with Gasteiger partial charge in [-0.3, -0.25) is 4.79 Å².